The summed E-state index contributed by atoms with van der Waals surface area (Å²) in [6.45, 7) is 3.76. The number of halogens is 2. The zero-order chi connectivity index (χ0) is 17.4. The number of non-ortho nitro benzene ring substituents is 1. The number of imidazole rings is 1. The maximum absolute atomic E-state index is 10.9. The Bertz CT molecular complexity index is 914. The first-order chi connectivity index (χ1) is 11.3. The molecule has 0 atom stereocenters. The topological polar surface area (TPSA) is 81.1 Å². The molecule has 0 bridgehead atoms. The summed E-state index contributed by atoms with van der Waals surface area (Å²) in [5.41, 5.74) is 1.84. The largest absolute Gasteiger partial charge is 0.488 e. The molecule has 3 aromatic rings. The van der Waals surface area contributed by atoms with Crippen molar-refractivity contribution in [2.75, 3.05) is 0 Å². The Morgan fingerprint density at radius 1 is 1.21 bits per heavy atom. The Kier molecular flexibility index (Phi) is 4.34. The molecule has 0 saturated carbocycles. The molecule has 8 heteroatoms. The second kappa shape index (κ2) is 6.30. The molecular formula is C16H13Cl2N3O3. The van der Waals surface area contributed by atoms with Gasteiger partial charge in [-0.3, -0.25) is 10.1 Å². The van der Waals surface area contributed by atoms with Crippen molar-refractivity contribution in [3.05, 3.63) is 50.5 Å². The van der Waals surface area contributed by atoms with Crippen LogP contribution >= 0.6 is 23.2 Å². The van der Waals surface area contributed by atoms with Crippen LogP contribution in [0.25, 0.3) is 22.4 Å². The Balaban J connectivity index is 2.05. The van der Waals surface area contributed by atoms with E-state index in [0.29, 0.717) is 38.2 Å². The van der Waals surface area contributed by atoms with Crippen molar-refractivity contribution in [2.24, 2.45) is 0 Å². The van der Waals surface area contributed by atoms with Crippen molar-refractivity contribution < 1.29 is 9.66 Å². The highest BCUT2D eigenvalue weighted by Gasteiger charge is 2.15. The molecule has 0 fully saturated rings. The first kappa shape index (κ1) is 16.5. The van der Waals surface area contributed by atoms with E-state index < -0.39 is 4.92 Å². The van der Waals surface area contributed by atoms with Crippen molar-refractivity contribution in [3.63, 3.8) is 0 Å². The van der Waals surface area contributed by atoms with Gasteiger partial charge in [0.25, 0.3) is 5.69 Å². The second-order valence-corrected chi connectivity index (χ2v) is 6.29. The van der Waals surface area contributed by atoms with Crippen molar-refractivity contribution in [3.8, 4) is 17.1 Å². The van der Waals surface area contributed by atoms with Crippen LogP contribution < -0.4 is 4.74 Å². The molecule has 0 aliphatic rings. The van der Waals surface area contributed by atoms with Crippen LogP contribution in [-0.4, -0.2) is 21.0 Å². The van der Waals surface area contributed by atoms with Gasteiger partial charge in [-0.25, -0.2) is 4.98 Å². The second-order valence-electron chi connectivity index (χ2n) is 5.48. The lowest BCUT2D eigenvalue weighted by atomic mass is 10.2. The maximum Gasteiger partial charge on any atom is 0.271 e. The Hall–Kier alpha value is -2.31. The Morgan fingerprint density at radius 2 is 1.88 bits per heavy atom. The standard InChI is InChI=1S/C16H13Cl2N3O3/c1-8(2)24-15-11(17)5-9(6-12(15)18)16-19-13-4-3-10(21(22)23)7-14(13)20-16/h3-8H,1-2H3,(H,19,20). The predicted octanol–water partition coefficient (Wildman–Crippen LogP) is 5.23. The van der Waals surface area contributed by atoms with Crippen LogP contribution in [0, 0.1) is 10.1 Å². The zero-order valence-electron chi connectivity index (χ0n) is 12.8. The number of nitro groups is 1. The highest BCUT2D eigenvalue weighted by Crippen LogP contribution is 2.38. The van der Waals surface area contributed by atoms with E-state index in [1.54, 1.807) is 18.2 Å². The van der Waals surface area contributed by atoms with Crippen LogP contribution in [0.5, 0.6) is 5.75 Å². The van der Waals surface area contributed by atoms with Gasteiger partial charge >= 0.3 is 0 Å². The number of hydrogen-bond donors (Lipinski definition) is 1. The number of fused-ring (bicyclic) bond motifs is 1. The fraction of sp³-hybridized carbons (Fsp3) is 0.188. The molecule has 0 spiro atoms. The number of nitrogens with zero attached hydrogens (tertiary/aromatic N) is 2. The van der Waals surface area contributed by atoms with Crippen molar-refractivity contribution >= 4 is 39.9 Å². The van der Waals surface area contributed by atoms with Crippen LogP contribution in [0.15, 0.2) is 30.3 Å². The number of rotatable bonds is 4. The van der Waals surface area contributed by atoms with Gasteiger partial charge in [0.2, 0.25) is 0 Å². The Morgan fingerprint density at radius 3 is 2.46 bits per heavy atom. The van der Waals surface area contributed by atoms with Crippen LogP contribution in [-0.2, 0) is 0 Å². The number of aromatic nitrogens is 2. The molecule has 1 aromatic heterocycles. The molecule has 0 aliphatic carbocycles. The monoisotopic (exact) mass is 365 g/mol. The summed E-state index contributed by atoms with van der Waals surface area (Å²) in [7, 11) is 0. The first-order valence-electron chi connectivity index (χ1n) is 7.15. The van der Waals surface area contributed by atoms with E-state index in [0.717, 1.165) is 0 Å². The molecule has 0 amide bonds. The molecule has 3 rings (SSSR count). The molecule has 6 nitrogen and oxygen atoms in total. The summed E-state index contributed by atoms with van der Waals surface area (Å²) in [4.78, 5) is 17.9. The predicted molar refractivity (Wildman–Crippen MR) is 94.0 cm³/mol. The normalized spacial score (nSPS) is 11.2. The number of ether oxygens (including phenoxy) is 1. The lowest BCUT2D eigenvalue weighted by Crippen LogP contribution is -2.06. The molecule has 1 heterocycles. The lowest BCUT2D eigenvalue weighted by molar-refractivity contribution is -0.384. The Labute approximate surface area is 147 Å². The number of hydrogen-bond acceptors (Lipinski definition) is 4. The van der Waals surface area contributed by atoms with Crippen molar-refractivity contribution in [1.82, 2.24) is 9.97 Å². The van der Waals surface area contributed by atoms with E-state index in [2.05, 4.69) is 9.97 Å². The highest BCUT2D eigenvalue weighted by molar-refractivity contribution is 6.37. The third-order valence-electron chi connectivity index (χ3n) is 3.30. The lowest BCUT2D eigenvalue weighted by Gasteiger charge is -2.13. The zero-order valence-corrected chi connectivity index (χ0v) is 14.4. The average Bonchev–Trinajstić information content (AvgIpc) is 2.93. The van der Waals surface area contributed by atoms with Gasteiger partial charge in [-0.1, -0.05) is 23.2 Å². The van der Waals surface area contributed by atoms with E-state index in [4.69, 9.17) is 27.9 Å². The molecule has 124 valence electrons. The number of nitro benzene ring substituents is 1. The van der Waals surface area contributed by atoms with Gasteiger partial charge in [-0.2, -0.15) is 0 Å². The molecule has 0 radical (unpaired) electrons. The van der Waals surface area contributed by atoms with Gasteiger partial charge in [0, 0.05) is 17.7 Å². The third-order valence-corrected chi connectivity index (χ3v) is 3.86. The number of nitrogens with one attached hydrogen (secondary N) is 1. The highest BCUT2D eigenvalue weighted by atomic mass is 35.5. The van der Waals surface area contributed by atoms with Crippen LogP contribution in [0.1, 0.15) is 13.8 Å². The number of aromatic amines is 1. The minimum atomic E-state index is -0.453. The molecule has 0 unspecified atom stereocenters. The van der Waals surface area contributed by atoms with Gasteiger partial charge in [0.05, 0.1) is 32.1 Å². The summed E-state index contributed by atoms with van der Waals surface area (Å²) in [5, 5.41) is 11.6. The molecule has 0 saturated heterocycles. The van der Waals surface area contributed by atoms with E-state index in [9.17, 15) is 10.1 Å². The van der Waals surface area contributed by atoms with Crippen LogP contribution in [0.4, 0.5) is 5.69 Å². The summed E-state index contributed by atoms with van der Waals surface area (Å²) in [6.07, 6.45) is -0.0578. The van der Waals surface area contributed by atoms with E-state index in [1.807, 2.05) is 13.8 Å². The number of H-pyrrole nitrogens is 1. The molecular weight excluding hydrogens is 353 g/mol. The van der Waals surface area contributed by atoms with Gasteiger partial charge < -0.3 is 9.72 Å². The summed E-state index contributed by atoms with van der Waals surface area (Å²) in [5.74, 6) is 0.939. The third kappa shape index (κ3) is 3.16. The van der Waals surface area contributed by atoms with Gasteiger partial charge in [0.15, 0.2) is 5.75 Å². The minimum absolute atomic E-state index is 0.00514. The quantitative estimate of drug-likeness (QED) is 0.506. The molecule has 2 aromatic carbocycles. The molecule has 1 N–H and O–H groups in total. The summed E-state index contributed by atoms with van der Waals surface area (Å²) in [6, 6.07) is 7.82. The maximum atomic E-state index is 10.9. The van der Waals surface area contributed by atoms with Gasteiger partial charge in [0.1, 0.15) is 5.82 Å². The van der Waals surface area contributed by atoms with Crippen molar-refractivity contribution in [1.29, 1.82) is 0 Å². The first-order valence-corrected chi connectivity index (χ1v) is 7.91. The fourth-order valence-electron chi connectivity index (χ4n) is 2.29. The molecule has 24 heavy (non-hydrogen) atoms. The van der Waals surface area contributed by atoms with Crippen LogP contribution in [0.3, 0.4) is 0 Å². The molecule has 0 aliphatic heterocycles. The SMILES string of the molecule is CC(C)Oc1c(Cl)cc(-c2nc3ccc([N+](=O)[O-])cc3[nH]2)cc1Cl. The van der Waals surface area contributed by atoms with E-state index in [-0.39, 0.29) is 11.8 Å². The van der Waals surface area contributed by atoms with Crippen LogP contribution in [0.2, 0.25) is 10.0 Å². The minimum Gasteiger partial charge on any atom is -0.488 e. The smallest absolute Gasteiger partial charge is 0.271 e. The van der Waals surface area contributed by atoms with E-state index >= 15 is 0 Å². The van der Waals surface area contributed by atoms with Crippen molar-refractivity contribution in [2.45, 2.75) is 20.0 Å². The summed E-state index contributed by atoms with van der Waals surface area (Å²) < 4.78 is 5.60. The number of benzene rings is 2. The fourth-order valence-corrected chi connectivity index (χ4v) is 2.87. The average molecular weight is 366 g/mol. The summed E-state index contributed by atoms with van der Waals surface area (Å²) >= 11 is 12.5. The van der Waals surface area contributed by atoms with Gasteiger partial charge in [-0.15, -0.1) is 0 Å². The van der Waals surface area contributed by atoms with Gasteiger partial charge in [-0.05, 0) is 32.0 Å². The van der Waals surface area contributed by atoms with E-state index in [1.165, 1.54) is 12.1 Å².